The number of aliphatic imine (C=N–C) groups is 1. The third-order valence-corrected chi connectivity index (χ3v) is 4.99. The van der Waals surface area contributed by atoms with Gasteiger partial charge in [0, 0.05) is 26.2 Å². The Labute approximate surface area is 163 Å². The van der Waals surface area contributed by atoms with Crippen LogP contribution in [0.5, 0.6) is 0 Å². The molecule has 0 amide bonds. The van der Waals surface area contributed by atoms with E-state index in [4.69, 9.17) is 0 Å². The smallest absolute Gasteiger partial charge is 0.191 e. The van der Waals surface area contributed by atoms with Crippen LogP contribution in [0.3, 0.4) is 0 Å². The van der Waals surface area contributed by atoms with E-state index in [0.717, 1.165) is 25.0 Å². The molecule has 4 nitrogen and oxygen atoms in total. The lowest BCUT2D eigenvalue weighted by molar-refractivity contribution is 0.221. The highest BCUT2D eigenvalue weighted by molar-refractivity contribution is 14.0. The maximum absolute atomic E-state index is 4.30. The van der Waals surface area contributed by atoms with Gasteiger partial charge in [0.2, 0.25) is 0 Å². The molecule has 1 aromatic carbocycles. The summed E-state index contributed by atoms with van der Waals surface area (Å²) in [6.45, 7) is 6.70. The second-order valence-corrected chi connectivity index (χ2v) is 7.04. The van der Waals surface area contributed by atoms with Crippen molar-refractivity contribution in [2.75, 3.05) is 20.1 Å². The van der Waals surface area contributed by atoms with Gasteiger partial charge in [0.15, 0.2) is 5.96 Å². The average molecular weight is 442 g/mol. The minimum absolute atomic E-state index is 0. The van der Waals surface area contributed by atoms with Gasteiger partial charge >= 0.3 is 0 Å². The summed E-state index contributed by atoms with van der Waals surface area (Å²) in [5.74, 6) is 1.69. The SMILES string of the molecule is CN=C(NCc1ccc(CN2CCCCC2)cc1)NC1CC1C.I. The summed E-state index contributed by atoms with van der Waals surface area (Å²) in [5, 5.41) is 6.87. The maximum Gasteiger partial charge on any atom is 0.191 e. The summed E-state index contributed by atoms with van der Waals surface area (Å²) in [6.07, 6.45) is 5.36. The molecule has 24 heavy (non-hydrogen) atoms. The molecule has 1 saturated carbocycles. The van der Waals surface area contributed by atoms with Crippen molar-refractivity contribution in [3.63, 3.8) is 0 Å². The van der Waals surface area contributed by atoms with Gasteiger partial charge in [0.25, 0.3) is 0 Å². The topological polar surface area (TPSA) is 39.7 Å². The van der Waals surface area contributed by atoms with Crippen molar-refractivity contribution in [2.45, 2.75) is 51.7 Å². The fourth-order valence-corrected chi connectivity index (χ4v) is 3.22. The van der Waals surface area contributed by atoms with E-state index in [2.05, 4.69) is 51.7 Å². The molecule has 0 spiro atoms. The molecule has 1 aromatic rings. The van der Waals surface area contributed by atoms with E-state index in [1.807, 2.05) is 7.05 Å². The molecule has 1 aliphatic carbocycles. The van der Waals surface area contributed by atoms with Crippen LogP contribution in [0.25, 0.3) is 0 Å². The highest BCUT2D eigenvalue weighted by Gasteiger charge is 2.33. The maximum atomic E-state index is 4.30. The number of rotatable bonds is 5. The van der Waals surface area contributed by atoms with Crippen LogP contribution in [-0.4, -0.2) is 37.0 Å². The standard InChI is InChI=1S/C19H30N4.HI/c1-15-12-18(15)22-19(20-2)21-13-16-6-8-17(9-7-16)14-23-10-4-3-5-11-23;/h6-9,15,18H,3-5,10-14H2,1-2H3,(H2,20,21,22);1H. The zero-order valence-electron chi connectivity index (χ0n) is 14.9. The Balaban J connectivity index is 0.00000208. The van der Waals surface area contributed by atoms with Gasteiger partial charge < -0.3 is 10.6 Å². The lowest BCUT2D eigenvalue weighted by Crippen LogP contribution is -2.38. The molecule has 0 bridgehead atoms. The van der Waals surface area contributed by atoms with E-state index in [-0.39, 0.29) is 24.0 Å². The predicted molar refractivity (Wildman–Crippen MR) is 112 cm³/mol. The van der Waals surface area contributed by atoms with Gasteiger partial charge in [0.1, 0.15) is 0 Å². The Morgan fingerprint density at radius 1 is 1.12 bits per heavy atom. The molecule has 0 radical (unpaired) electrons. The van der Waals surface area contributed by atoms with Crippen LogP contribution < -0.4 is 10.6 Å². The first kappa shape index (κ1) is 19.5. The molecule has 1 aliphatic heterocycles. The van der Waals surface area contributed by atoms with E-state index in [1.54, 1.807) is 0 Å². The van der Waals surface area contributed by atoms with Gasteiger partial charge in [0.05, 0.1) is 0 Å². The predicted octanol–water partition coefficient (Wildman–Crippen LogP) is 3.36. The van der Waals surface area contributed by atoms with E-state index < -0.39 is 0 Å². The number of hydrogen-bond acceptors (Lipinski definition) is 2. The van der Waals surface area contributed by atoms with Gasteiger partial charge in [-0.1, -0.05) is 37.6 Å². The zero-order chi connectivity index (χ0) is 16.1. The number of hydrogen-bond donors (Lipinski definition) is 2. The third-order valence-electron chi connectivity index (χ3n) is 4.99. The molecular weight excluding hydrogens is 411 g/mol. The van der Waals surface area contributed by atoms with Crippen LogP contribution in [0.2, 0.25) is 0 Å². The normalized spacial score (nSPS) is 24.2. The van der Waals surface area contributed by atoms with E-state index in [1.165, 1.54) is 49.9 Å². The lowest BCUT2D eigenvalue weighted by Gasteiger charge is -2.26. The minimum Gasteiger partial charge on any atom is -0.353 e. The summed E-state index contributed by atoms with van der Waals surface area (Å²) >= 11 is 0. The van der Waals surface area contributed by atoms with Crippen LogP contribution in [0.1, 0.15) is 43.7 Å². The van der Waals surface area contributed by atoms with Crippen molar-refractivity contribution in [1.82, 2.24) is 15.5 Å². The molecule has 2 N–H and O–H groups in total. The molecule has 2 unspecified atom stereocenters. The molecule has 134 valence electrons. The molecule has 0 aromatic heterocycles. The number of nitrogens with one attached hydrogen (secondary N) is 2. The monoisotopic (exact) mass is 442 g/mol. The number of halogens is 1. The molecule has 1 heterocycles. The first-order chi connectivity index (χ1) is 11.2. The van der Waals surface area contributed by atoms with Crippen LogP contribution in [0.4, 0.5) is 0 Å². The summed E-state index contributed by atoms with van der Waals surface area (Å²) in [4.78, 5) is 6.87. The Hall–Kier alpha value is -0.820. The summed E-state index contributed by atoms with van der Waals surface area (Å²) in [7, 11) is 1.84. The quantitative estimate of drug-likeness (QED) is 0.418. The molecule has 2 aliphatic rings. The fourth-order valence-electron chi connectivity index (χ4n) is 3.22. The van der Waals surface area contributed by atoms with Gasteiger partial charge in [-0.15, -0.1) is 24.0 Å². The van der Waals surface area contributed by atoms with Crippen LogP contribution in [0.15, 0.2) is 29.3 Å². The van der Waals surface area contributed by atoms with Crippen molar-refractivity contribution in [2.24, 2.45) is 10.9 Å². The number of guanidine groups is 1. The molecule has 5 heteroatoms. The van der Waals surface area contributed by atoms with Gasteiger partial charge in [-0.2, -0.15) is 0 Å². The van der Waals surface area contributed by atoms with Crippen molar-refractivity contribution < 1.29 is 0 Å². The van der Waals surface area contributed by atoms with Crippen molar-refractivity contribution in [3.8, 4) is 0 Å². The Morgan fingerprint density at radius 2 is 1.75 bits per heavy atom. The van der Waals surface area contributed by atoms with Gasteiger partial charge in [-0.05, 0) is 49.4 Å². The van der Waals surface area contributed by atoms with Crippen molar-refractivity contribution in [3.05, 3.63) is 35.4 Å². The van der Waals surface area contributed by atoms with Crippen LogP contribution in [0, 0.1) is 5.92 Å². The first-order valence-corrected chi connectivity index (χ1v) is 9.02. The summed E-state index contributed by atoms with van der Waals surface area (Å²) < 4.78 is 0. The van der Waals surface area contributed by atoms with E-state index in [9.17, 15) is 0 Å². The van der Waals surface area contributed by atoms with Crippen LogP contribution in [-0.2, 0) is 13.1 Å². The number of benzene rings is 1. The molecule has 1 saturated heterocycles. The molecular formula is C19H31IN4. The highest BCUT2D eigenvalue weighted by atomic mass is 127. The molecule has 2 atom stereocenters. The Morgan fingerprint density at radius 3 is 2.33 bits per heavy atom. The molecule has 2 fully saturated rings. The average Bonchev–Trinajstić information content (AvgIpc) is 3.28. The Bertz CT molecular complexity index is 523. The summed E-state index contributed by atoms with van der Waals surface area (Å²) in [5.41, 5.74) is 2.73. The van der Waals surface area contributed by atoms with E-state index in [0.29, 0.717) is 6.04 Å². The van der Waals surface area contributed by atoms with Crippen molar-refractivity contribution >= 4 is 29.9 Å². The number of nitrogens with zero attached hydrogens (tertiary/aromatic N) is 2. The second-order valence-electron chi connectivity index (χ2n) is 7.04. The number of piperidine rings is 1. The largest absolute Gasteiger partial charge is 0.353 e. The first-order valence-electron chi connectivity index (χ1n) is 9.02. The van der Waals surface area contributed by atoms with Crippen LogP contribution >= 0.6 is 24.0 Å². The Kier molecular flexibility index (Phi) is 7.81. The second kappa shape index (κ2) is 9.61. The zero-order valence-corrected chi connectivity index (χ0v) is 17.3. The lowest BCUT2D eigenvalue weighted by atomic mass is 10.1. The highest BCUT2D eigenvalue weighted by Crippen LogP contribution is 2.28. The third kappa shape index (κ3) is 5.92. The van der Waals surface area contributed by atoms with Gasteiger partial charge in [-0.3, -0.25) is 9.89 Å². The summed E-state index contributed by atoms with van der Waals surface area (Å²) in [6, 6.07) is 9.61. The van der Waals surface area contributed by atoms with E-state index >= 15 is 0 Å². The minimum atomic E-state index is 0. The number of likely N-dealkylation sites (tertiary alicyclic amines) is 1. The molecule has 3 rings (SSSR count). The fraction of sp³-hybridized carbons (Fsp3) is 0.632. The van der Waals surface area contributed by atoms with Gasteiger partial charge in [-0.25, -0.2) is 0 Å². The van der Waals surface area contributed by atoms with Crippen molar-refractivity contribution in [1.29, 1.82) is 0 Å².